The normalized spacial score (nSPS) is 24.1. The van der Waals surface area contributed by atoms with Gasteiger partial charge in [0.25, 0.3) is 0 Å². The minimum absolute atomic E-state index is 0.245. The Balaban J connectivity index is 2.42. The molecule has 1 N–H and O–H groups in total. The summed E-state index contributed by atoms with van der Waals surface area (Å²) in [7, 11) is 0. The van der Waals surface area contributed by atoms with E-state index < -0.39 is 11.4 Å². The SMILES string of the molecule is CC1(C(=O)O)COc2cccc(I)c2C1. The van der Waals surface area contributed by atoms with E-state index in [1.165, 1.54) is 0 Å². The largest absolute Gasteiger partial charge is 0.492 e. The van der Waals surface area contributed by atoms with Crippen LogP contribution in [0.1, 0.15) is 12.5 Å². The number of fused-ring (bicyclic) bond motifs is 1. The van der Waals surface area contributed by atoms with E-state index in [0.717, 1.165) is 14.9 Å². The fraction of sp³-hybridized carbons (Fsp3) is 0.364. The Morgan fingerprint density at radius 3 is 3.00 bits per heavy atom. The molecule has 1 aliphatic heterocycles. The predicted molar refractivity (Wildman–Crippen MR) is 64.1 cm³/mol. The van der Waals surface area contributed by atoms with Crippen LogP contribution in [0.25, 0.3) is 0 Å². The topological polar surface area (TPSA) is 46.5 Å². The molecule has 3 nitrogen and oxygen atoms in total. The lowest BCUT2D eigenvalue weighted by molar-refractivity contribution is -0.150. The van der Waals surface area contributed by atoms with E-state index >= 15 is 0 Å². The molecule has 4 heteroatoms. The number of carboxylic acids is 1. The standard InChI is InChI=1S/C11H11IO3/c1-11(10(13)14)5-7-8(12)3-2-4-9(7)15-6-11/h2-4H,5-6H2,1H3,(H,13,14). The summed E-state index contributed by atoms with van der Waals surface area (Å²) in [5.74, 6) is 0.0217. The molecule has 1 atom stereocenters. The first-order valence-corrected chi connectivity index (χ1v) is 5.74. The van der Waals surface area contributed by atoms with Crippen LogP contribution in [0.3, 0.4) is 0 Å². The maximum absolute atomic E-state index is 11.1. The van der Waals surface area contributed by atoms with Gasteiger partial charge in [0.2, 0.25) is 0 Å². The Morgan fingerprint density at radius 2 is 2.33 bits per heavy atom. The Bertz CT molecular complexity index is 416. The van der Waals surface area contributed by atoms with Gasteiger partial charge in [0.05, 0.1) is 0 Å². The summed E-state index contributed by atoms with van der Waals surface area (Å²) in [4.78, 5) is 11.1. The van der Waals surface area contributed by atoms with E-state index in [0.29, 0.717) is 6.42 Å². The molecule has 1 unspecified atom stereocenters. The van der Waals surface area contributed by atoms with Crippen molar-refractivity contribution in [2.45, 2.75) is 13.3 Å². The van der Waals surface area contributed by atoms with Crippen LogP contribution in [0.2, 0.25) is 0 Å². The van der Waals surface area contributed by atoms with Gasteiger partial charge in [-0.25, -0.2) is 0 Å². The second-order valence-corrected chi connectivity index (χ2v) is 5.21. The summed E-state index contributed by atoms with van der Waals surface area (Å²) < 4.78 is 6.56. The monoisotopic (exact) mass is 318 g/mol. The van der Waals surface area contributed by atoms with Gasteiger partial charge in [-0.05, 0) is 48.1 Å². The number of carboxylic acid groups (broad SMARTS) is 1. The van der Waals surface area contributed by atoms with Gasteiger partial charge >= 0.3 is 5.97 Å². The summed E-state index contributed by atoms with van der Waals surface area (Å²) in [6.45, 7) is 1.97. The number of halogens is 1. The maximum Gasteiger partial charge on any atom is 0.313 e. The van der Waals surface area contributed by atoms with Crippen LogP contribution in [0, 0.1) is 8.99 Å². The van der Waals surface area contributed by atoms with Crippen LogP contribution >= 0.6 is 22.6 Å². The number of hydrogen-bond acceptors (Lipinski definition) is 2. The van der Waals surface area contributed by atoms with E-state index in [9.17, 15) is 4.79 Å². The van der Waals surface area contributed by atoms with Crippen molar-refractivity contribution in [1.29, 1.82) is 0 Å². The zero-order valence-corrected chi connectivity index (χ0v) is 10.4. The Hall–Kier alpha value is -0.780. The van der Waals surface area contributed by atoms with E-state index in [1.54, 1.807) is 6.92 Å². The summed E-state index contributed by atoms with van der Waals surface area (Å²) in [6, 6.07) is 5.78. The first kappa shape index (κ1) is 10.7. The number of ether oxygens (including phenoxy) is 1. The minimum Gasteiger partial charge on any atom is -0.492 e. The van der Waals surface area contributed by atoms with Crippen LogP contribution in [0.15, 0.2) is 18.2 Å². The number of hydrogen-bond donors (Lipinski definition) is 1. The average molecular weight is 318 g/mol. The first-order valence-electron chi connectivity index (χ1n) is 4.66. The number of aliphatic carboxylic acids is 1. The van der Waals surface area contributed by atoms with E-state index in [2.05, 4.69) is 22.6 Å². The quantitative estimate of drug-likeness (QED) is 0.809. The van der Waals surface area contributed by atoms with Crippen molar-refractivity contribution in [1.82, 2.24) is 0 Å². The van der Waals surface area contributed by atoms with E-state index in [-0.39, 0.29) is 6.61 Å². The molecule has 1 aromatic carbocycles. The van der Waals surface area contributed by atoms with Crippen molar-refractivity contribution in [2.24, 2.45) is 5.41 Å². The molecule has 1 heterocycles. The summed E-state index contributed by atoms with van der Waals surface area (Å²) >= 11 is 2.21. The van der Waals surface area contributed by atoms with Crippen molar-refractivity contribution in [3.8, 4) is 5.75 Å². The van der Waals surface area contributed by atoms with Gasteiger partial charge in [-0.15, -0.1) is 0 Å². The zero-order chi connectivity index (χ0) is 11.1. The van der Waals surface area contributed by atoms with Gasteiger partial charge < -0.3 is 9.84 Å². The molecular weight excluding hydrogens is 307 g/mol. The third-order valence-corrected chi connectivity index (χ3v) is 3.72. The highest BCUT2D eigenvalue weighted by Crippen LogP contribution is 2.36. The molecule has 0 aliphatic carbocycles. The number of carbonyl (C=O) groups is 1. The second-order valence-electron chi connectivity index (χ2n) is 4.05. The van der Waals surface area contributed by atoms with Crippen molar-refractivity contribution < 1.29 is 14.6 Å². The highest BCUT2D eigenvalue weighted by molar-refractivity contribution is 14.1. The Morgan fingerprint density at radius 1 is 1.60 bits per heavy atom. The van der Waals surface area contributed by atoms with Crippen LogP contribution in [-0.2, 0) is 11.2 Å². The minimum atomic E-state index is -0.798. The van der Waals surface area contributed by atoms with Gasteiger partial charge in [-0.1, -0.05) is 6.07 Å². The molecule has 1 aliphatic rings. The fourth-order valence-electron chi connectivity index (χ4n) is 1.66. The summed E-state index contributed by atoms with van der Waals surface area (Å²) in [6.07, 6.45) is 0.538. The molecule has 0 radical (unpaired) electrons. The number of benzene rings is 1. The molecule has 2 rings (SSSR count). The van der Waals surface area contributed by atoms with Gasteiger partial charge in [-0.3, -0.25) is 4.79 Å². The van der Waals surface area contributed by atoms with Crippen molar-refractivity contribution in [3.63, 3.8) is 0 Å². The predicted octanol–water partition coefficient (Wildman–Crippen LogP) is 2.32. The van der Waals surface area contributed by atoms with E-state index in [4.69, 9.17) is 9.84 Å². The molecule has 0 bridgehead atoms. The van der Waals surface area contributed by atoms with Crippen molar-refractivity contribution >= 4 is 28.6 Å². The van der Waals surface area contributed by atoms with Gasteiger partial charge in [-0.2, -0.15) is 0 Å². The van der Waals surface area contributed by atoms with Gasteiger partial charge in [0.1, 0.15) is 17.8 Å². The molecule has 1 aromatic rings. The lowest BCUT2D eigenvalue weighted by Crippen LogP contribution is -2.39. The molecule has 0 aromatic heterocycles. The summed E-state index contributed by atoms with van der Waals surface area (Å²) in [5, 5.41) is 9.13. The van der Waals surface area contributed by atoms with Crippen LogP contribution in [0.4, 0.5) is 0 Å². The molecule has 0 amide bonds. The maximum atomic E-state index is 11.1. The molecule has 80 valence electrons. The smallest absolute Gasteiger partial charge is 0.313 e. The first-order chi connectivity index (χ1) is 7.03. The highest BCUT2D eigenvalue weighted by Gasteiger charge is 2.39. The molecule has 0 spiro atoms. The Labute approximate surface area is 102 Å². The van der Waals surface area contributed by atoms with E-state index in [1.807, 2.05) is 18.2 Å². The molecule has 0 fully saturated rings. The second kappa shape index (κ2) is 3.66. The average Bonchev–Trinajstić information content (AvgIpc) is 2.19. The van der Waals surface area contributed by atoms with Gasteiger partial charge in [0.15, 0.2) is 0 Å². The molecule has 0 saturated carbocycles. The number of rotatable bonds is 1. The fourth-order valence-corrected chi connectivity index (χ4v) is 2.33. The van der Waals surface area contributed by atoms with Crippen LogP contribution in [-0.4, -0.2) is 17.7 Å². The summed E-state index contributed by atoms with van der Waals surface area (Å²) in [5.41, 5.74) is 0.211. The van der Waals surface area contributed by atoms with Gasteiger partial charge in [0, 0.05) is 9.13 Å². The lowest BCUT2D eigenvalue weighted by Gasteiger charge is -2.31. The highest BCUT2D eigenvalue weighted by atomic mass is 127. The Kier molecular flexibility index (Phi) is 2.62. The lowest BCUT2D eigenvalue weighted by atomic mass is 9.82. The third kappa shape index (κ3) is 1.82. The molecule has 0 saturated heterocycles. The van der Waals surface area contributed by atoms with Crippen LogP contribution < -0.4 is 4.74 Å². The van der Waals surface area contributed by atoms with Crippen molar-refractivity contribution in [3.05, 3.63) is 27.3 Å². The van der Waals surface area contributed by atoms with Crippen molar-refractivity contribution in [2.75, 3.05) is 6.61 Å². The molecule has 15 heavy (non-hydrogen) atoms. The molecular formula is C11H11IO3. The third-order valence-electron chi connectivity index (χ3n) is 2.71. The zero-order valence-electron chi connectivity index (χ0n) is 8.29. The van der Waals surface area contributed by atoms with Crippen LogP contribution in [0.5, 0.6) is 5.75 Å².